The van der Waals surface area contributed by atoms with Gasteiger partial charge in [-0.15, -0.1) is 0 Å². The van der Waals surface area contributed by atoms with E-state index < -0.39 is 65.7 Å². The van der Waals surface area contributed by atoms with Crippen molar-refractivity contribution in [2.75, 3.05) is 0 Å². The highest BCUT2D eigenvalue weighted by Gasteiger charge is 2.67. The van der Waals surface area contributed by atoms with Crippen molar-refractivity contribution in [3.8, 4) is 11.1 Å². The monoisotopic (exact) mass is 607 g/mol. The van der Waals surface area contributed by atoms with Crippen LogP contribution in [0.4, 0.5) is 26.3 Å². The maximum atomic E-state index is 15.1. The van der Waals surface area contributed by atoms with E-state index in [-0.39, 0.29) is 24.0 Å². The number of rotatable bonds is 8. The van der Waals surface area contributed by atoms with E-state index in [9.17, 15) is 22.4 Å². The van der Waals surface area contributed by atoms with E-state index in [1.165, 1.54) is 6.20 Å². The van der Waals surface area contributed by atoms with E-state index in [0.717, 1.165) is 29.1 Å². The number of amides is 1. The van der Waals surface area contributed by atoms with E-state index >= 15 is 8.78 Å². The summed E-state index contributed by atoms with van der Waals surface area (Å²) in [5.74, 6) is -7.63. The lowest BCUT2D eigenvalue weighted by molar-refractivity contribution is -0.123. The van der Waals surface area contributed by atoms with Crippen molar-refractivity contribution in [2.24, 2.45) is 5.92 Å². The van der Waals surface area contributed by atoms with Crippen molar-refractivity contribution >= 4 is 16.8 Å². The van der Waals surface area contributed by atoms with E-state index in [2.05, 4.69) is 20.4 Å². The van der Waals surface area contributed by atoms with Gasteiger partial charge in [0, 0.05) is 40.9 Å². The third-order valence-corrected chi connectivity index (χ3v) is 8.26. The van der Waals surface area contributed by atoms with Crippen LogP contribution in [0.3, 0.4) is 0 Å². The third-order valence-electron chi connectivity index (χ3n) is 8.26. The van der Waals surface area contributed by atoms with Crippen LogP contribution >= 0.6 is 0 Å². The fourth-order valence-corrected chi connectivity index (χ4v) is 6.40. The van der Waals surface area contributed by atoms with Crippen LogP contribution in [0.5, 0.6) is 0 Å². The average molecular weight is 608 g/mol. The molecule has 2 aliphatic carbocycles. The van der Waals surface area contributed by atoms with Crippen molar-refractivity contribution in [2.45, 2.75) is 43.7 Å². The summed E-state index contributed by atoms with van der Waals surface area (Å²) in [6.45, 7) is -0.765. The van der Waals surface area contributed by atoms with Crippen molar-refractivity contribution in [1.29, 1.82) is 0 Å². The summed E-state index contributed by atoms with van der Waals surface area (Å²) in [7, 11) is 0. The number of carbonyl (C=O) groups excluding carboxylic acids is 1. The first-order valence-corrected chi connectivity index (χ1v) is 13.9. The maximum absolute atomic E-state index is 15.1. The summed E-state index contributed by atoms with van der Waals surface area (Å²) in [4.78, 5) is 22.4. The molecule has 0 aliphatic heterocycles. The molecule has 6 nitrogen and oxygen atoms in total. The molecule has 12 heteroatoms. The summed E-state index contributed by atoms with van der Waals surface area (Å²) in [6.07, 6.45) is 0.0416. The van der Waals surface area contributed by atoms with E-state index in [1.807, 2.05) is 18.2 Å². The van der Waals surface area contributed by atoms with Crippen molar-refractivity contribution in [1.82, 2.24) is 25.1 Å². The minimum absolute atomic E-state index is 0.0933. The molecule has 3 aromatic heterocycles. The van der Waals surface area contributed by atoms with Gasteiger partial charge >= 0.3 is 0 Å². The molecule has 2 aromatic carbocycles. The number of hydrogen-bond acceptors (Lipinski definition) is 4. The van der Waals surface area contributed by atoms with Gasteiger partial charge in [-0.25, -0.2) is 17.6 Å². The van der Waals surface area contributed by atoms with Crippen LogP contribution in [0.25, 0.3) is 22.0 Å². The second kappa shape index (κ2) is 10.5. The Morgan fingerprint density at radius 1 is 0.955 bits per heavy atom. The molecule has 0 radical (unpaired) electrons. The molecule has 0 bridgehead atoms. The number of alkyl halides is 4. The molecule has 3 atom stereocenters. The summed E-state index contributed by atoms with van der Waals surface area (Å²) in [5, 5.41) is 7.28. The predicted octanol–water partition coefficient (Wildman–Crippen LogP) is 7.02. The maximum Gasteiger partial charge on any atom is 0.293 e. The molecular weight excluding hydrogens is 584 g/mol. The standard InChI is InChI=1S/C32H23F6N5O/c33-17-10-16(11-18(34)13-17)12-25(28-21(6-3-9-40-28)19-4-1-7-24-20(19)5-2-8-39-24)41-26(44)15-43-30-27(29(42-43)31(35)36)22-14-23(22)32(30,37)38/h1-11,13,22-23,25,31H,12,14-15H2,(H,41,44)/t22?,23?,25-/m0/s1. The van der Waals surface area contributed by atoms with Gasteiger partial charge in [0.2, 0.25) is 5.91 Å². The second-order valence-corrected chi connectivity index (χ2v) is 11.1. The van der Waals surface area contributed by atoms with Crippen LogP contribution in [-0.2, 0) is 23.7 Å². The molecule has 0 saturated heterocycles. The minimum atomic E-state index is -3.39. The Labute approximate surface area is 246 Å². The lowest BCUT2D eigenvalue weighted by Crippen LogP contribution is -2.35. The fourth-order valence-electron chi connectivity index (χ4n) is 6.40. The average Bonchev–Trinajstić information content (AvgIpc) is 3.64. The number of hydrogen-bond donors (Lipinski definition) is 1. The summed E-state index contributed by atoms with van der Waals surface area (Å²) < 4.78 is 86.7. The van der Waals surface area contributed by atoms with Crippen molar-refractivity contribution in [3.05, 3.63) is 113 Å². The highest BCUT2D eigenvalue weighted by atomic mass is 19.3. The van der Waals surface area contributed by atoms with E-state index in [4.69, 9.17) is 0 Å². The quantitative estimate of drug-likeness (QED) is 0.193. The van der Waals surface area contributed by atoms with Gasteiger partial charge < -0.3 is 5.32 Å². The highest BCUT2D eigenvalue weighted by Crippen LogP contribution is 2.68. The topological polar surface area (TPSA) is 72.7 Å². The van der Waals surface area contributed by atoms with E-state index in [0.29, 0.717) is 21.5 Å². The molecule has 1 fully saturated rings. The van der Waals surface area contributed by atoms with Crippen LogP contribution in [0, 0.1) is 17.6 Å². The highest BCUT2D eigenvalue weighted by molar-refractivity contribution is 5.95. The van der Waals surface area contributed by atoms with Crippen LogP contribution < -0.4 is 5.32 Å². The van der Waals surface area contributed by atoms with Crippen LogP contribution in [0.15, 0.2) is 73.1 Å². The molecule has 1 amide bonds. The number of benzene rings is 2. The van der Waals surface area contributed by atoms with Gasteiger partial charge in [0.1, 0.15) is 29.6 Å². The number of fused-ring (bicyclic) bond motifs is 4. The van der Waals surface area contributed by atoms with Gasteiger partial charge in [0.05, 0.1) is 17.3 Å². The molecule has 1 N–H and O–H groups in total. The Morgan fingerprint density at radius 2 is 1.68 bits per heavy atom. The van der Waals surface area contributed by atoms with Crippen molar-refractivity contribution < 1.29 is 31.1 Å². The molecule has 5 aromatic rings. The minimum Gasteiger partial charge on any atom is -0.346 e. The molecule has 2 unspecified atom stereocenters. The predicted molar refractivity (Wildman–Crippen MR) is 148 cm³/mol. The first-order valence-electron chi connectivity index (χ1n) is 13.9. The van der Waals surface area contributed by atoms with Crippen molar-refractivity contribution in [3.63, 3.8) is 0 Å². The number of aromatic nitrogens is 4. The SMILES string of the molecule is O=C(Cn1nc(C(F)F)c2c1C(F)(F)C1CC21)N[C@@H](Cc1cc(F)cc(F)c1)c1ncccc1-c1cccc2ncccc12. The lowest BCUT2D eigenvalue weighted by atomic mass is 9.93. The number of halogens is 6. The molecule has 7 rings (SSSR count). The molecule has 0 spiro atoms. The molecule has 2 aliphatic rings. The molecule has 224 valence electrons. The van der Waals surface area contributed by atoms with Crippen LogP contribution in [0.1, 0.15) is 53.0 Å². The molecule has 44 heavy (non-hydrogen) atoms. The van der Waals surface area contributed by atoms with E-state index in [1.54, 1.807) is 30.5 Å². The largest absolute Gasteiger partial charge is 0.346 e. The van der Waals surface area contributed by atoms with Crippen LogP contribution in [-0.4, -0.2) is 25.7 Å². The van der Waals surface area contributed by atoms with Gasteiger partial charge in [0.25, 0.3) is 12.3 Å². The summed E-state index contributed by atoms with van der Waals surface area (Å²) >= 11 is 0. The Hall–Kier alpha value is -4.74. The first-order chi connectivity index (χ1) is 21.1. The van der Waals surface area contributed by atoms with Gasteiger partial charge in [-0.3, -0.25) is 19.4 Å². The third kappa shape index (κ3) is 4.78. The smallest absolute Gasteiger partial charge is 0.293 e. The normalized spacial score (nSPS) is 18.7. The number of carbonyl (C=O) groups is 1. The summed E-state index contributed by atoms with van der Waals surface area (Å²) in [6, 6.07) is 14.6. The Bertz CT molecular complexity index is 1900. The van der Waals surface area contributed by atoms with Gasteiger partial charge in [-0.1, -0.05) is 24.3 Å². The van der Waals surface area contributed by atoms with Gasteiger partial charge in [-0.2, -0.15) is 13.9 Å². The Balaban J connectivity index is 1.27. The fraction of sp³-hybridized carbons (Fsp3) is 0.250. The molecule has 3 heterocycles. The zero-order valence-electron chi connectivity index (χ0n) is 22.8. The Kier molecular flexibility index (Phi) is 6.67. The zero-order chi connectivity index (χ0) is 30.7. The lowest BCUT2D eigenvalue weighted by Gasteiger charge is -2.23. The number of pyridine rings is 2. The molecule has 1 saturated carbocycles. The number of nitrogens with zero attached hydrogens (tertiary/aromatic N) is 4. The number of nitrogens with one attached hydrogen (secondary N) is 1. The first kappa shape index (κ1) is 28.1. The molecular formula is C32H23F6N5O. The summed E-state index contributed by atoms with van der Waals surface area (Å²) in [5.41, 5.74) is 1.01. The zero-order valence-corrected chi connectivity index (χ0v) is 22.8. The Morgan fingerprint density at radius 3 is 2.45 bits per heavy atom. The van der Waals surface area contributed by atoms with Gasteiger partial charge in [0.15, 0.2) is 0 Å². The second-order valence-electron chi connectivity index (χ2n) is 11.1. The van der Waals surface area contributed by atoms with Gasteiger partial charge in [-0.05, 0) is 60.2 Å². The van der Waals surface area contributed by atoms with Crippen LogP contribution in [0.2, 0.25) is 0 Å².